The van der Waals surface area contributed by atoms with Crippen molar-refractivity contribution in [2.24, 2.45) is 4.99 Å². The number of carbonyl (C=O) groups excluding carboxylic acids is 1. The fourth-order valence-electron chi connectivity index (χ4n) is 1.91. The zero-order chi connectivity index (χ0) is 13.6. The Morgan fingerprint density at radius 2 is 2.06 bits per heavy atom. The van der Waals surface area contributed by atoms with E-state index in [4.69, 9.17) is 0 Å². The van der Waals surface area contributed by atoms with E-state index in [-0.39, 0.29) is 5.56 Å². The average molecular weight is 271 g/mol. The highest BCUT2D eigenvalue weighted by Crippen LogP contribution is 2.51. The smallest absolute Gasteiger partial charge is 0.235 e. The molecule has 1 aromatic carbocycles. The summed E-state index contributed by atoms with van der Waals surface area (Å²) in [5, 5.41) is 9.44. The molecular formula is C11H10FNO4S. The van der Waals surface area contributed by atoms with Crippen LogP contribution in [0.4, 0.5) is 4.39 Å². The van der Waals surface area contributed by atoms with Crippen molar-refractivity contribution in [3.05, 3.63) is 23.5 Å². The first-order valence-corrected chi connectivity index (χ1v) is 7.02. The quantitative estimate of drug-likeness (QED) is 0.662. The van der Waals surface area contributed by atoms with E-state index in [0.717, 1.165) is 12.3 Å². The summed E-state index contributed by atoms with van der Waals surface area (Å²) in [7, 11) is -3.90. The number of hydrogen-bond donors (Lipinski definition) is 1. The Labute approximate surface area is 103 Å². The molecule has 96 valence electrons. The molecule has 0 atom stereocenters. The minimum atomic E-state index is -3.90. The average Bonchev–Trinajstić information content (AvgIpc) is 2.97. The van der Waals surface area contributed by atoms with E-state index in [1.165, 1.54) is 12.1 Å². The summed E-state index contributed by atoms with van der Waals surface area (Å²) in [6.45, 7) is 0. The third kappa shape index (κ3) is 1.91. The lowest BCUT2D eigenvalue weighted by Gasteiger charge is -2.13. The topological polar surface area (TPSA) is 83.8 Å². The van der Waals surface area contributed by atoms with E-state index in [1.807, 2.05) is 0 Å². The molecule has 1 aliphatic rings. The fraction of sp³-hybridized carbons (Fsp3) is 0.364. The van der Waals surface area contributed by atoms with Crippen LogP contribution in [0.15, 0.2) is 22.0 Å². The Morgan fingerprint density at radius 3 is 2.50 bits per heavy atom. The molecule has 18 heavy (non-hydrogen) atoms. The van der Waals surface area contributed by atoms with Gasteiger partial charge >= 0.3 is 0 Å². The summed E-state index contributed by atoms with van der Waals surface area (Å²) in [4.78, 5) is 13.1. The molecule has 7 heteroatoms. The van der Waals surface area contributed by atoms with Crippen LogP contribution in [0.25, 0.3) is 0 Å². The Morgan fingerprint density at radius 1 is 1.44 bits per heavy atom. The minimum absolute atomic E-state index is 0.00377. The zero-order valence-corrected chi connectivity index (χ0v) is 10.3. The fourth-order valence-corrected chi connectivity index (χ4v) is 2.79. The van der Waals surface area contributed by atoms with Crippen molar-refractivity contribution in [3.8, 4) is 5.75 Å². The van der Waals surface area contributed by atoms with Crippen molar-refractivity contribution < 1.29 is 22.7 Å². The summed E-state index contributed by atoms with van der Waals surface area (Å²) in [5.74, 6) is -1.70. The summed E-state index contributed by atoms with van der Waals surface area (Å²) in [5.41, 5.74) is -1.01. The predicted molar refractivity (Wildman–Crippen MR) is 60.2 cm³/mol. The van der Waals surface area contributed by atoms with Crippen LogP contribution >= 0.6 is 0 Å². The Kier molecular flexibility index (Phi) is 2.76. The number of isocyanates is 1. The maximum absolute atomic E-state index is 14.2. The molecule has 0 spiro atoms. The van der Waals surface area contributed by atoms with Gasteiger partial charge in [0.25, 0.3) is 0 Å². The van der Waals surface area contributed by atoms with Crippen LogP contribution in [0.3, 0.4) is 0 Å². The van der Waals surface area contributed by atoms with Gasteiger partial charge in [0.05, 0.1) is 0 Å². The molecule has 0 aliphatic heterocycles. The van der Waals surface area contributed by atoms with Crippen molar-refractivity contribution in [1.29, 1.82) is 0 Å². The van der Waals surface area contributed by atoms with Crippen molar-refractivity contribution >= 4 is 15.9 Å². The van der Waals surface area contributed by atoms with Gasteiger partial charge in [-0.25, -0.2) is 17.6 Å². The van der Waals surface area contributed by atoms with E-state index < -0.39 is 31.8 Å². The molecule has 1 aliphatic carbocycles. The van der Waals surface area contributed by atoms with E-state index in [9.17, 15) is 22.7 Å². The van der Waals surface area contributed by atoms with Gasteiger partial charge in [-0.2, -0.15) is 4.99 Å². The van der Waals surface area contributed by atoms with Gasteiger partial charge in [0.15, 0.2) is 15.7 Å². The number of hydrogen-bond acceptors (Lipinski definition) is 5. The van der Waals surface area contributed by atoms with Gasteiger partial charge in [0, 0.05) is 11.8 Å². The molecule has 1 aromatic rings. The van der Waals surface area contributed by atoms with Crippen molar-refractivity contribution in [3.63, 3.8) is 0 Å². The highest BCUT2D eigenvalue weighted by atomic mass is 32.2. The van der Waals surface area contributed by atoms with E-state index >= 15 is 0 Å². The van der Waals surface area contributed by atoms with Gasteiger partial charge in [-0.15, -0.1) is 0 Å². The zero-order valence-electron chi connectivity index (χ0n) is 9.47. The summed E-state index contributed by atoms with van der Waals surface area (Å²) < 4.78 is 37.0. The lowest BCUT2D eigenvalue weighted by molar-refractivity contribution is 0.439. The van der Waals surface area contributed by atoms with Crippen LogP contribution in [-0.2, 0) is 20.2 Å². The van der Waals surface area contributed by atoms with Crippen molar-refractivity contribution in [2.75, 3.05) is 6.26 Å². The molecule has 0 saturated heterocycles. The molecule has 0 heterocycles. The lowest BCUT2D eigenvalue weighted by Crippen LogP contribution is -2.10. The van der Waals surface area contributed by atoms with Crippen LogP contribution in [0.5, 0.6) is 5.75 Å². The van der Waals surface area contributed by atoms with Crippen LogP contribution in [0.2, 0.25) is 0 Å². The first kappa shape index (κ1) is 12.7. The Bertz CT molecular complexity index is 658. The van der Waals surface area contributed by atoms with Crippen LogP contribution in [0.1, 0.15) is 18.4 Å². The number of phenols is 1. The minimum Gasteiger partial charge on any atom is -0.506 e. The molecule has 0 radical (unpaired) electrons. The molecule has 0 aromatic heterocycles. The molecule has 0 bridgehead atoms. The molecule has 5 nitrogen and oxygen atoms in total. The first-order valence-electron chi connectivity index (χ1n) is 5.13. The normalized spacial score (nSPS) is 17.0. The second kappa shape index (κ2) is 3.90. The molecule has 2 rings (SSSR count). The number of rotatable bonds is 3. The number of halogens is 1. The van der Waals surface area contributed by atoms with Gasteiger partial charge < -0.3 is 5.11 Å². The van der Waals surface area contributed by atoms with E-state index in [0.29, 0.717) is 12.8 Å². The number of aromatic hydroxyl groups is 1. The molecule has 0 amide bonds. The van der Waals surface area contributed by atoms with Gasteiger partial charge in [0.2, 0.25) is 6.08 Å². The number of benzene rings is 1. The third-order valence-corrected chi connectivity index (χ3v) is 4.06. The van der Waals surface area contributed by atoms with Gasteiger partial charge in [-0.1, -0.05) is 0 Å². The maximum Gasteiger partial charge on any atom is 0.235 e. The number of phenolic OH excluding ortho intramolecular Hbond substituents is 1. The number of aliphatic imine (C=N–C) groups is 1. The van der Waals surface area contributed by atoms with Crippen LogP contribution < -0.4 is 0 Å². The highest BCUT2D eigenvalue weighted by Gasteiger charge is 2.47. The lowest BCUT2D eigenvalue weighted by atomic mass is 10.0. The summed E-state index contributed by atoms with van der Waals surface area (Å²) in [6.07, 6.45) is 3.07. The first-order chi connectivity index (χ1) is 8.32. The van der Waals surface area contributed by atoms with Gasteiger partial charge in [-0.05, 0) is 25.0 Å². The van der Waals surface area contributed by atoms with E-state index in [1.54, 1.807) is 0 Å². The highest BCUT2D eigenvalue weighted by molar-refractivity contribution is 7.90. The predicted octanol–water partition coefficient (Wildman–Crippen LogP) is 1.26. The molecular weight excluding hydrogens is 261 g/mol. The van der Waals surface area contributed by atoms with E-state index in [2.05, 4.69) is 4.99 Å². The number of nitrogens with zero attached hydrogens (tertiary/aromatic N) is 1. The third-order valence-electron chi connectivity index (χ3n) is 2.93. The van der Waals surface area contributed by atoms with Gasteiger partial charge in [-0.3, -0.25) is 0 Å². The molecule has 1 fully saturated rings. The molecule has 1 N–H and O–H groups in total. The van der Waals surface area contributed by atoms with Gasteiger partial charge in [0.1, 0.15) is 16.2 Å². The SMILES string of the molecule is CS(=O)(=O)c1c(O)ccc(C2(N=C=O)CC2)c1F. The molecule has 1 saturated carbocycles. The monoisotopic (exact) mass is 271 g/mol. The second-order valence-electron chi connectivity index (χ2n) is 4.28. The Hall–Kier alpha value is -1.72. The Balaban J connectivity index is 2.70. The molecule has 0 unspecified atom stereocenters. The van der Waals surface area contributed by atoms with Crippen molar-refractivity contribution in [2.45, 2.75) is 23.3 Å². The largest absolute Gasteiger partial charge is 0.506 e. The maximum atomic E-state index is 14.2. The van der Waals surface area contributed by atoms with Crippen LogP contribution in [-0.4, -0.2) is 25.9 Å². The second-order valence-corrected chi connectivity index (χ2v) is 6.23. The number of sulfone groups is 1. The van der Waals surface area contributed by atoms with Crippen LogP contribution in [0, 0.1) is 5.82 Å². The standard InChI is InChI=1S/C11H10FNO4S/c1-18(16,17)10-8(15)3-2-7(9(10)12)11(4-5-11)13-6-14/h2-3,15H,4-5H2,1H3. The summed E-state index contributed by atoms with van der Waals surface area (Å²) >= 11 is 0. The summed E-state index contributed by atoms with van der Waals surface area (Å²) in [6, 6.07) is 2.34. The van der Waals surface area contributed by atoms with Crippen molar-refractivity contribution in [1.82, 2.24) is 0 Å².